The number of hydrogen-bond acceptors (Lipinski definition) is 2. The van der Waals surface area contributed by atoms with Gasteiger partial charge in [-0.2, -0.15) is 0 Å². The van der Waals surface area contributed by atoms with Crippen molar-refractivity contribution in [3.8, 4) is 0 Å². The van der Waals surface area contributed by atoms with Gasteiger partial charge in [0.15, 0.2) is 0 Å². The molecule has 3 heteroatoms. The van der Waals surface area contributed by atoms with Gasteiger partial charge in [-0.1, -0.05) is 13.0 Å². The fraction of sp³-hybridized carbons (Fsp3) is 0.417. The predicted molar refractivity (Wildman–Crippen MR) is 64.3 cm³/mol. The zero-order chi connectivity index (χ0) is 11.3. The molecular formula is C12H18N2O. The second-order valence-electron chi connectivity index (χ2n) is 3.40. The molecule has 0 spiro atoms. The molecule has 1 aromatic carbocycles. The summed E-state index contributed by atoms with van der Waals surface area (Å²) >= 11 is 0. The van der Waals surface area contributed by atoms with Gasteiger partial charge in [-0.3, -0.25) is 4.79 Å². The Hall–Kier alpha value is -1.51. The maximum absolute atomic E-state index is 11.0. The van der Waals surface area contributed by atoms with Gasteiger partial charge in [-0.25, -0.2) is 0 Å². The fourth-order valence-corrected chi connectivity index (χ4v) is 1.63. The Kier molecular flexibility index (Phi) is 4.16. The first-order valence-corrected chi connectivity index (χ1v) is 5.32. The van der Waals surface area contributed by atoms with Crippen molar-refractivity contribution >= 4 is 17.3 Å². The monoisotopic (exact) mass is 206 g/mol. The molecule has 0 bridgehead atoms. The molecule has 0 fully saturated rings. The van der Waals surface area contributed by atoms with Crippen LogP contribution in [0.4, 0.5) is 11.4 Å². The highest BCUT2D eigenvalue weighted by Gasteiger charge is 2.06. The molecule has 0 saturated carbocycles. The lowest BCUT2D eigenvalue weighted by atomic mass is 10.1. The molecule has 1 rings (SSSR count). The van der Waals surface area contributed by atoms with Gasteiger partial charge in [0.25, 0.3) is 0 Å². The lowest BCUT2D eigenvalue weighted by molar-refractivity contribution is -0.114. The summed E-state index contributed by atoms with van der Waals surface area (Å²) in [5.74, 6) is -0.0293. The van der Waals surface area contributed by atoms with Crippen molar-refractivity contribution in [2.75, 3.05) is 17.2 Å². The van der Waals surface area contributed by atoms with Gasteiger partial charge < -0.3 is 10.6 Å². The molecule has 1 aromatic rings. The standard InChI is InChI=1S/C12H18N2O/c1-4-10-11(13-5-2)7-6-8-12(10)14-9(3)15/h6-8,13H,4-5H2,1-3H3,(H,14,15). The lowest BCUT2D eigenvalue weighted by Gasteiger charge is -2.14. The van der Waals surface area contributed by atoms with E-state index in [1.54, 1.807) is 0 Å². The molecule has 0 aliphatic heterocycles. The molecule has 0 radical (unpaired) electrons. The fourth-order valence-electron chi connectivity index (χ4n) is 1.63. The van der Waals surface area contributed by atoms with Crippen molar-refractivity contribution < 1.29 is 4.79 Å². The zero-order valence-electron chi connectivity index (χ0n) is 9.55. The van der Waals surface area contributed by atoms with Crippen LogP contribution in [0.15, 0.2) is 18.2 Å². The average Bonchev–Trinajstić information content (AvgIpc) is 2.18. The summed E-state index contributed by atoms with van der Waals surface area (Å²) in [6.45, 7) is 6.56. The van der Waals surface area contributed by atoms with Gasteiger partial charge in [-0.15, -0.1) is 0 Å². The molecule has 82 valence electrons. The van der Waals surface area contributed by atoms with Crippen molar-refractivity contribution in [3.05, 3.63) is 23.8 Å². The second kappa shape index (κ2) is 5.39. The largest absolute Gasteiger partial charge is 0.385 e. The number of amides is 1. The number of nitrogens with one attached hydrogen (secondary N) is 2. The van der Waals surface area contributed by atoms with Crippen LogP contribution >= 0.6 is 0 Å². The highest BCUT2D eigenvalue weighted by molar-refractivity contribution is 5.90. The first-order valence-electron chi connectivity index (χ1n) is 5.32. The minimum absolute atomic E-state index is 0.0293. The molecule has 15 heavy (non-hydrogen) atoms. The number of carbonyl (C=O) groups is 1. The predicted octanol–water partition coefficient (Wildman–Crippen LogP) is 2.64. The van der Waals surface area contributed by atoms with E-state index in [2.05, 4.69) is 24.5 Å². The van der Waals surface area contributed by atoms with Crippen molar-refractivity contribution in [1.82, 2.24) is 0 Å². The SMILES string of the molecule is CCNc1cccc(NC(C)=O)c1CC. The van der Waals surface area contributed by atoms with Crippen LogP contribution in [0.1, 0.15) is 26.3 Å². The summed E-state index contributed by atoms with van der Waals surface area (Å²) in [4.78, 5) is 11.0. The summed E-state index contributed by atoms with van der Waals surface area (Å²) in [7, 11) is 0. The van der Waals surface area contributed by atoms with Crippen LogP contribution in [-0.4, -0.2) is 12.5 Å². The molecule has 2 N–H and O–H groups in total. The summed E-state index contributed by atoms with van der Waals surface area (Å²) in [5.41, 5.74) is 3.17. The summed E-state index contributed by atoms with van der Waals surface area (Å²) < 4.78 is 0. The van der Waals surface area contributed by atoms with E-state index in [-0.39, 0.29) is 5.91 Å². The Balaban J connectivity index is 3.04. The third kappa shape index (κ3) is 2.98. The Morgan fingerprint density at radius 2 is 1.93 bits per heavy atom. The molecule has 0 heterocycles. The van der Waals surface area contributed by atoms with Gasteiger partial charge in [0, 0.05) is 24.8 Å². The van der Waals surface area contributed by atoms with Crippen LogP contribution in [0.25, 0.3) is 0 Å². The third-order valence-electron chi connectivity index (χ3n) is 2.21. The van der Waals surface area contributed by atoms with Gasteiger partial charge in [0.05, 0.1) is 0 Å². The topological polar surface area (TPSA) is 41.1 Å². The molecule has 0 atom stereocenters. The third-order valence-corrected chi connectivity index (χ3v) is 2.21. The van der Waals surface area contributed by atoms with Crippen molar-refractivity contribution in [2.24, 2.45) is 0 Å². The maximum atomic E-state index is 11.0. The summed E-state index contributed by atoms with van der Waals surface area (Å²) in [6.07, 6.45) is 0.902. The van der Waals surface area contributed by atoms with E-state index < -0.39 is 0 Å². The zero-order valence-corrected chi connectivity index (χ0v) is 9.55. The molecule has 0 saturated heterocycles. The van der Waals surface area contributed by atoms with Crippen LogP contribution in [0, 0.1) is 0 Å². The van der Waals surface area contributed by atoms with Crippen LogP contribution in [-0.2, 0) is 11.2 Å². The second-order valence-corrected chi connectivity index (χ2v) is 3.40. The molecular weight excluding hydrogens is 188 g/mol. The van der Waals surface area contributed by atoms with Crippen molar-refractivity contribution in [3.63, 3.8) is 0 Å². The Morgan fingerprint density at radius 3 is 2.47 bits per heavy atom. The minimum Gasteiger partial charge on any atom is -0.385 e. The molecule has 1 amide bonds. The van der Waals surface area contributed by atoms with E-state index in [1.807, 2.05) is 18.2 Å². The summed E-state index contributed by atoms with van der Waals surface area (Å²) in [5, 5.41) is 6.13. The van der Waals surface area contributed by atoms with Gasteiger partial charge in [0.2, 0.25) is 5.91 Å². The number of hydrogen-bond donors (Lipinski definition) is 2. The van der Waals surface area contributed by atoms with E-state index in [9.17, 15) is 4.79 Å². The van der Waals surface area contributed by atoms with Crippen LogP contribution < -0.4 is 10.6 Å². The molecule has 3 nitrogen and oxygen atoms in total. The van der Waals surface area contributed by atoms with Crippen molar-refractivity contribution in [2.45, 2.75) is 27.2 Å². The van der Waals surface area contributed by atoms with E-state index in [4.69, 9.17) is 0 Å². The smallest absolute Gasteiger partial charge is 0.221 e. The minimum atomic E-state index is -0.0293. The average molecular weight is 206 g/mol. The number of carbonyl (C=O) groups excluding carboxylic acids is 1. The normalized spacial score (nSPS) is 9.80. The first kappa shape index (κ1) is 11.6. The summed E-state index contributed by atoms with van der Waals surface area (Å²) in [6, 6.07) is 5.91. The van der Waals surface area contributed by atoms with E-state index >= 15 is 0 Å². The van der Waals surface area contributed by atoms with Crippen LogP contribution in [0.3, 0.4) is 0 Å². The highest BCUT2D eigenvalue weighted by atomic mass is 16.1. The number of benzene rings is 1. The lowest BCUT2D eigenvalue weighted by Crippen LogP contribution is -2.10. The highest BCUT2D eigenvalue weighted by Crippen LogP contribution is 2.24. The number of rotatable bonds is 4. The van der Waals surface area contributed by atoms with E-state index in [0.717, 1.165) is 29.9 Å². The van der Waals surface area contributed by atoms with E-state index in [0.29, 0.717) is 0 Å². The Labute approximate surface area is 90.9 Å². The molecule has 0 unspecified atom stereocenters. The maximum Gasteiger partial charge on any atom is 0.221 e. The number of anilines is 2. The quantitative estimate of drug-likeness (QED) is 0.795. The molecule has 0 aromatic heterocycles. The van der Waals surface area contributed by atoms with Crippen LogP contribution in [0.5, 0.6) is 0 Å². The van der Waals surface area contributed by atoms with E-state index in [1.165, 1.54) is 6.92 Å². The molecule has 0 aliphatic carbocycles. The van der Waals surface area contributed by atoms with Crippen LogP contribution in [0.2, 0.25) is 0 Å². The first-order chi connectivity index (χ1) is 7.19. The van der Waals surface area contributed by atoms with Crippen molar-refractivity contribution in [1.29, 1.82) is 0 Å². The van der Waals surface area contributed by atoms with Gasteiger partial charge in [-0.05, 0) is 31.0 Å². The Bertz CT molecular complexity index is 347. The molecule has 0 aliphatic rings. The Morgan fingerprint density at radius 1 is 1.27 bits per heavy atom. The van der Waals surface area contributed by atoms with Gasteiger partial charge >= 0.3 is 0 Å². The van der Waals surface area contributed by atoms with Gasteiger partial charge in [0.1, 0.15) is 0 Å².